The topological polar surface area (TPSA) is 143 Å². The monoisotopic (exact) mass is 753 g/mol. The van der Waals surface area contributed by atoms with E-state index in [2.05, 4.69) is 23.2 Å². The van der Waals surface area contributed by atoms with Gasteiger partial charge in [0.05, 0.1) is 48.0 Å². The van der Waals surface area contributed by atoms with E-state index in [0.29, 0.717) is 74.1 Å². The molecule has 0 bridgehead atoms. The van der Waals surface area contributed by atoms with Crippen LogP contribution in [-0.4, -0.2) is 55.3 Å². The first-order valence-electron chi connectivity index (χ1n) is 17.8. The maximum Gasteiger partial charge on any atom is 0.330 e. The predicted molar refractivity (Wildman–Crippen MR) is 206 cm³/mol. The Kier molecular flexibility index (Phi) is 14.9. The molecule has 1 fully saturated rings. The molecule has 4 aromatic rings. The fourth-order valence-corrected chi connectivity index (χ4v) is 6.72. The van der Waals surface area contributed by atoms with Crippen LogP contribution in [0, 0.1) is 11.8 Å². The van der Waals surface area contributed by atoms with Crippen LogP contribution in [-0.2, 0) is 23.9 Å². The molecule has 0 saturated heterocycles. The number of ether oxygens (including phenoxy) is 5. The van der Waals surface area contributed by atoms with E-state index >= 15 is 0 Å². The lowest BCUT2D eigenvalue weighted by Gasteiger charge is -2.26. The van der Waals surface area contributed by atoms with Crippen molar-refractivity contribution in [2.45, 2.75) is 51.4 Å². The third-order valence-electron chi connectivity index (χ3n) is 8.67. The average Bonchev–Trinajstić information content (AvgIpc) is 3.63. The molecule has 12 nitrogen and oxygen atoms in total. The van der Waals surface area contributed by atoms with Gasteiger partial charge in [-0.2, -0.15) is 5.10 Å². The summed E-state index contributed by atoms with van der Waals surface area (Å²) in [6.45, 7) is 8.84. The van der Waals surface area contributed by atoms with Crippen molar-refractivity contribution in [3.63, 3.8) is 0 Å². The minimum absolute atomic E-state index is 0.252. The summed E-state index contributed by atoms with van der Waals surface area (Å²) in [6, 6.07) is 19.4. The maximum absolute atomic E-state index is 13.3. The highest BCUT2D eigenvalue weighted by molar-refractivity contribution is 7.22. The molecule has 282 valence electrons. The van der Waals surface area contributed by atoms with Crippen molar-refractivity contribution in [1.29, 1.82) is 0 Å². The molecule has 5 rings (SSSR count). The Morgan fingerprint density at radius 1 is 0.833 bits per heavy atom. The Morgan fingerprint density at radius 2 is 1.50 bits per heavy atom. The summed E-state index contributed by atoms with van der Waals surface area (Å²) in [5, 5.41) is 6.95. The predicted octanol–water partition coefficient (Wildman–Crippen LogP) is 7.84. The third-order valence-corrected chi connectivity index (χ3v) is 9.72. The lowest BCUT2D eigenvalue weighted by Crippen LogP contribution is -2.30. The van der Waals surface area contributed by atoms with Gasteiger partial charge in [0.15, 0.2) is 0 Å². The SMILES string of the molecule is C=CCN(/N=C/c1cc(OC=O)ccc1OC(=O)[C@H]1CC[C@H](C(=O)Oc2ccc(OCCCCCCOC(=O)C=C)cc2)CC1)c1nc2ccccc2s1. The van der Waals surface area contributed by atoms with Gasteiger partial charge >= 0.3 is 17.9 Å². The van der Waals surface area contributed by atoms with Gasteiger partial charge < -0.3 is 23.7 Å². The van der Waals surface area contributed by atoms with Crippen LogP contribution in [0.2, 0.25) is 0 Å². The van der Waals surface area contributed by atoms with Gasteiger partial charge in [0.2, 0.25) is 5.13 Å². The highest BCUT2D eigenvalue weighted by Gasteiger charge is 2.32. The molecule has 1 aliphatic carbocycles. The second-order valence-corrected chi connectivity index (χ2v) is 13.5. The van der Waals surface area contributed by atoms with Crippen molar-refractivity contribution in [3.05, 3.63) is 97.6 Å². The fraction of sp³-hybridized carbons (Fsp3) is 0.317. The van der Waals surface area contributed by atoms with Crippen molar-refractivity contribution in [1.82, 2.24) is 4.98 Å². The molecular weight excluding hydrogens is 711 g/mol. The molecule has 1 aliphatic rings. The number of anilines is 1. The zero-order valence-electron chi connectivity index (χ0n) is 29.9. The van der Waals surface area contributed by atoms with Gasteiger partial charge in [-0.25, -0.2) is 14.8 Å². The molecule has 0 atom stereocenters. The summed E-state index contributed by atoms with van der Waals surface area (Å²) in [5.74, 6) is -0.293. The minimum Gasteiger partial charge on any atom is -0.494 e. The Balaban J connectivity index is 1.09. The third kappa shape index (κ3) is 11.6. The normalized spacial score (nSPS) is 15.3. The van der Waals surface area contributed by atoms with Crippen LogP contribution in [0.3, 0.4) is 0 Å². The zero-order valence-corrected chi connectivity index (χ0v) is 30.7. The van der Waals surface area contributed by atoms with Gasteiger partial charge in [0.1, 0.15) is 23.0 Å². The van der Waals surface area contributed by atoms with Crippen LogP contribution in [0.25, 0.3) is 10.2 Å². The molecular formula is C41H43N3O9S. The summed E-state index contributed by atoms with van der Waals surface area (Å²) in [4.78, 5) is 53.1. The van der Waals surface area contributed by atoms with Gasteiger partial charge in [-0.3, -0.25) is 14.4 Å². The van der Waals surface area contributed by atoms with Crippen molar-refractivity contribution in [3.8, 4) is 23.0 Å². The summed E-state index contributed by atoms with van der Waals surface area (Å²) in [6.07, 6.45) is 9.81. The second kappa shape index (κ2) is 20.4. The highest BCUT2D eigenvalue weighted by atomic mass is 32.1. The number of aromatic nitrogens is 1. The van der Waals surface area contributed by atoms with Crippen molar-refractivity contribution < 1.29 is 42.9 Å². The van der Waals surface area contributed by atoms with Gasteiger partial charge in [-0.05, 0) is 106 Å². The largest absolute Gasteiger partial charge is 0.494 e. The molecule has 0 amide bonds. The first-order valence-corrected chi connectivity index (χ1v) is 18.7. The van der Waals surface area contributed by atoms with E-state index in [-0.39, 0.29) is 23.4 Å². The number of carbonyl (C=O) groups excluding carboxylic acids is 4. The number of nitrogens with zero attached hydrogens (tertiary/aromatic N) is 3. The molecule has 1 heterocycles. The Labute approximate surface area is 318 Å². The summed E-state index contributed by atoms with van der Waals surface area (Å²) < 4.78 is 28.3. The van der Waals surface area contributed by atoms with E-state index in [9.17, 15) is 19.2 Å². The van der Waals surface area contributed by atoms with Gasteiger partial charge in [0.25, 0.3) is 6.47 Å². The molecule has 0 N–H and O–H groups in total. The number of benzene rings is 3. The number of fused-ring (bicyclic) bond motifs is 1. The van der Waals surface area contributed by atoms with Crippen LogP contribution >= 0.6 is 11.3 Å². The maximum atomic E-state index is 13.3. The zero-order chi connectivity index (χ0) is 38.1. The number of hydrazone groups is 1. The molecule has 1 saturated carbocycles. The Morgan fingerprint density at radius 3 is 2.19 bits per heavy atom. The second-order valence-electron chi connectivity index (χ2n) is 12.5. The van der Waals surface area contributed by atoms with E-state index in [1.165, 1.54) is 23.6 Å². The molecule has 0 aliphatic heterocycles. The first kappa shape index (κ1) is 39.4. The lowest BCUT2D eigenvalue weighted by atomic mass is 9.82. The van der Waals surface area contributed by atoms with Crippen LogP contribution in [0.1, 0.15) is 56.9 Å². The lowest BCUT2D eigenvalue weighted by molar-refractivity contribution is -0.145. The first-order chi connectivity index (χ1) is 26.4. The quantitative estimate of drug-likeness (QED) is 0.0127. The average molecular weight is 754 g/mol. The van der Waals surface area contributed by atoms with E-state index in [1.54, 1.807) is 47.5 Å². The molecule has 54 heavy (non-hydrogen) atoms. The van der Waals surface area contributed by atoms with Crippen LogP contribution in [0.5, 0.6) is 23.0 Å². The number of esters is 3. The summed E-state index contributed by atoms with van der Waals surface area (Å²) in [5.41, 5.74) is 1.27. The molecule has 13 heteroatoms. The number of unbranched alkanes of at least 4 members (excludes halogenated alkanes) is 3. The fourth-order valence-electron chi connectivity index (χ4n) is 5.79. The smallest absolute Gasteiger partial charge is 0.330 e. The molecule has 3 aromatic carbocycles. The summed E-state index contributed by atoms with van der Waals surface area (Å²) >= 11 is 1.48. The molecule has 0 unspecified atom stereocenters. The van der Waals surface area contributed by atoms with Crippen LogP contribution in [0.15, 0.2) is 97.1 Å². The van der Waals surface area contributed by atoms with E-state index < -0.39 is 17.9 Å². The molecule has 0 radical (unpaired) electrons. The van der Waals surface area contributed by atoms with Crippen molar-refractivity contribution in [2.24, 2.45) is 16.9 Å². The number of carbonyl (C=O) groups is 4. The number of rotatable bonds is 20. The van der Waals surface area contributed by atoms with Crippen LogP contribution < -0.4 is 24.0 Å². The number of para-hydroxylation sites is 1. The Bertz CT molecular complexity index is 1900. The Hall–Kier alpha value is -5.82. The number of hydrogen-bond acceptors (Lipinski definition) is 13. The highest BCUT2D eigenvalue weighted by Crippen LogP contribution is 2.33. The number of hydrogen-bond donors (Lipinski definition) is 0. The summed E-state index contributed by atoms with van der Waals surface area (Å²) in [7, 11) is 0. The standard InChI is InChI=1S/C41H43N3O9S/c1-3-23-44(41-43-35-11-7-8-12-37(35)54-41)42-27-31-26-34(51-28-45)21-22-36(31)53-40(48)30-15-13-29(14-16-30)39(47)52-33-19-17-32(18-20-33)49-24-9-5-6-10-25-50-38(46)4-2/h3-4,7-8,11-12,17-22,26-30H,1-2,5-6,9-10,13-16,23-25H2/b42-27+/t29-,30-. The van der Waals surface area contributed by atoms with E-state index in [4.69, 9.17) is 23.7 Å². The van der Waals surface area contributed by atoms with Gasteiger partial charge in [-0.15, -0.1) is 6.58 Å². The van der Waals surface area contributed by atoms with Crippen LogP contribution in [0.4, 0.5) is 5.13 Å². The van der Waals surface area contributed by atoms with Gasteiger partial charge in [-0.1, -0.05) is 36.1 Å². The molecule has 0 spiro atoms. The number of thiazole rings is 1. The van der Waals surface area contributed by atoms with E-state index in [0.717, 1.165) is 42.0 Å². The van der Waals surface area contributed by atoms with Crippen molar-refractivity contribution >= 4 is 57.3 Å². The van der Waals surface area contributed by atoms with Gasteiger partial charge in [0, 0.05) is 11.6 Å². The van der Waals surface area contributed by atoms with E-state index in [1.807, 2.05) is 24.3 Å². The van der Waals surface area contributed by atoms with Crippen molar-refractivity contribution in [2.75, 3.05) is 24.8 Å². The molecule has 1 aromatic heterocycles. The minimum atomic E-state index is -0.417.